The van der Waals surface area contributed by atoms with Crippen molar-refractivity contribution in [2.75, 3.05) is 0 Å². The van der Waals surface area contributed by atoms with Crippen LogP contribution in [-0.4, -0.2) is 30.6 Å². The van der Waals surface area contributed by atoms with Crippen molar-refractivity contribution in [3.05, 3.63) is 52.1 Å². The van der Waals surface area contributed by atoms with E-state index in [0.717, 1.165) is 37.5 Å². The van der Waals surface area contributed by atoms with E-state index in [0.29, 0.717) is 29.7 Å². The lowest BCUT2D eigenvalue weighted by molar-refractivity contribution is -0.121. The Hall–Kier alpha value is -3.03. The molecule has 3 heterocycles. The molecular weight excluding hydrogens is 344 g/mol. The van der Waals surface area contributed by atoms with Crippen molar-refractivity contribution in [2.24, 2.45) is 0 Å². The van der Waals surface area contributed by atoms with Gasteiger partial charge in [-0.3, -0.25) is 9.59 Å². The largest absolute Gasteiger partial charge is 0.349 e. The molecule has 3 aromatic rings. The first kappa shape index (κ1) is 17.4. The molecule has 0 saturated heterocycles. The molecule has 8 heteroatoms. The minimum absolute atomic E-state index is 0.100. The van der Waals surface area contributed by atoms with Crippen LogP contribution in [0.25, 0.3) is 10.9 Å². The summed E-state index contributed by atoms with van der Waals surface area (Å²) >= 11 is 0. The van der Waals surface area contributed by atoms with Gasteiger partial charge in [0.25, 0.3) is 5.56 Å². The average molecular weight is 366 g/mol. The van der Waals surface area contributed by atoms with Gasteiger partial charge in [-0.05, 0) is 25.0 Å². The number of aromatic amines is 1. The second-order valence-corrected chi connectivity index (χ2v) is 6.80. The average Bonchev–Trinajstić information content (AvgIpc) is 2.91. The molecule has 1 amide bonds. The lowest BCUT2D eigenvalue weighted by Crippen LogP contribution is -2.25. The molecule has 1 aliphatic rings. The first-order chi connectivity index (χ1) is 13.2. The third-order valence-electron chi connectivity index (χ3n) is 4.88. The maximum Gasteiger partial charge on any atom is 0.258 e. The van der Waals surface area contributed by atoms with Crippen LogP contribution in [0.5, 0.6) is 0 Å². The number of benzene rings is 1. The number of fused-ring (bicyclic) bond motifs is 2. The number of H-pyrrole nitrogens is 1. The summed E-state index contributed by atoms with van der Waals surface area (Å²) in [6, 6.07) is 7.18. The van der Waals surface area contributed by atoms with Crippen LogP contribution in [0.2, 0.25) is 0 Å². The summed E-state index contributed by atoms with van der Waals surface area (Å²) < 4.78 is 2.12. The molecule has 1 aliphatic heterocycles. The van der Waals surface area contributed by atoms with Crippen LogP contribution in [0.4, 0.5) is 0 Å². The van der Waals surface area contributed by atoms with Crippen molar-refractivity contribution in [1.82, 2.24) is 30.0 Å². The Morgan fingerprint density at radius 3 is 3.00 bits per heavy atom. The highest BCUT2D eigenvalue weighted by molar-refractivity contribution is 5.78. The molecule has 0 saturated carbocycles. The van der Waals surface area contributed by atoms with E-state index in [4.69, 9.17) is 0 Å². The summed E-state index contributed by atoms with van der Waals surface area (Å²) in [7, 11) is 0. The first-order valence-corrected chi connectivity index (χ1v) is 9.36. The summed E-state index contributed by atoms with van der Waals surface area (Å²) in [5, 5.41) is 11.9. The third-order valence-corrected chi connectivity index (χ3v) is 4.88. The summed E-state index contributed by atoms with van der Waals surface area (Å²) in [5.41, 5.74) is 0.463. The van der Waals surface area contributed by atoms with Gasteiger partial charge < -0.3 is 14.9 Å². The van der Waals surface area contributed by atoms with Crippen LogP contribution in [0.3, 0.4) is 0 Å². The summed E-state index contributed by atoms with van der Waals surface area (Å²) in [4.78, 5) is 31.5. The molecule has 8 nitrogen and oxygen atoms in total. The van der Waals surface area contributed by atoms with Gasteiger partial charge in [0, 0.05) is 25.8 Å². The van der Waals surface area contributed by atoms with Gasteiger partial charge in [0.15, 0.2) is 5.82 Å². The van der Waals surface area contributed by atoms with E-state index in [1.54, 1.807) is 18.2 Å². The number of amides is 1. The summed E-state index contributed by atoms with van der Waals surface area (Å²) in [6.45, 7) is 1.28. The molecule has 1 aromatic carbocycles. The van der Waals surface area contributed by atoms with E-state index in [9.17, 15) is 9.59 Å². The van der Waals surface area contributed by atoms with Gasteiger partial charge in [-0.25, -0.2) is 4.98 Å². The Morgan fingerprint density at radius 2 is 2.07 bits per heavy atom. The Morgan fingerprint density at radius 1 is 1.19 bits per heavy atom. The standard InChI is InChI=1S/C19H22N6O2/c26-18(20-12-17-24-23-16-8-2-1-5-11-25(16)17)10-9-15-21-14-7-4-3-6-13(14)19(27)22-15/h3-4,6-7H,1-2,5,8-12H2,(H,20,26)(H,21,22,27). The van der Waals surface area contributed by atoms with Gasteiger partial charge in [-0.15, -0.1) is 10.2 Å². The maximum absolute atomic E-state index is 12.2. The number of rotatable bonds is 5. The van der Waals surface area contributed by atoms with E-state index in [2.05, 4.69) is 30.0 Å². The molecule has 4 rings (SSSR count). The molecule has 0 spiro atoms. The smallest absolute Gasteiger partial charge is 0.258 e. The molecular formula is C19H22N6O2. The van der Waals surface area contributed by atoms with Crippen molar-refractivity contribution in [2.45, 2.75) is 51.6 Å². The van der Waals surface area contributed by atoms with Crippen molar-refractivity contribution in [3.63, 3.8) is 0 Å². The quantitative estimate of drug-likeness (QED) is 0.712. The predicted molar refractivity (Wildman–Crippen MR) is 100 cm³/mol. The molecule has 0 aliphatic carbocycles. The lowest BCUT2D eigenvalue weighted by atomic mass is 10.2. The van der Waals surface area contributed by atoms with Crippen LogP contribution >= 0.6 is 0 Å². The molecule has 0 fully saturated rings. The lowest BCUT2D eigenvalue weighted by Gasteiger charge is -2.08. The molecule has 140 valence electrons. The minimum Gasteiger partial charge on any atom is -0.349 e. The SMILES string of the molecule is O=C(CCc1nc2ccccc2c(=O)[nH]1)NCc1nnc2n1CCCCC2. The zero-order valence-electron chi connectivity index (χ0n) is 15.1. The fourth-order valence-corrected chi connectivity index (χ4v) is 3.43. The Bertz CT molecular complexity index is 1020. The molecule has 0 atom stereocenters. The number of hydrogen-bond acceptors (Lipinski definition) is 5. The van der Waals surface area contributed by atoms with Crippen molar-refractivity contribution < 1.29 is 4.79 Å². The third kappa shape index (κ3) is 3.89. The second kappa shape index (κ2) is 7.69. The highest BCUT2D eigenvalue weighted by atomic mass is 16.1. The monoisotopic (exact) mass is 366 g/mol. The Labute approximate surface area is 156 Å². The number of nitrogens with one attached hydrogen (secondary N) is 2. The van der Waals surface area contributed by atoms with Crippen molar-refractivity contribution >= 4 is 16.8 Å². The molecule has 2 aromatic heterocycles. The minimum atomic E-state index is -0.179. The van der Waals surface area contributed by atoms with Gasteiger partial charge in [0.05, 0.1) is 17.4 Å². The van der Waals surface area contributed by atoms with E-state index in [1.807, 2.05) is 6.07 Å². The van der Waals surface area contributed by atoms with E-state index < -0.39 is 0 Å². The molecule has 0 bridgehead atoms. The summed E-state index contributed by atoms with van der Waals surface area (Å²) in [6.07, 6.45) is 5.04. The van der Waals surface area contributed by atoms with Gasteiger partial charge in [0.2, 0.25) is 5.91 Å². The topological polar surface area (TPSA) is 106 Å². The molecule has 2 N–H and O–H groups in total. The zero-order valence-corrected chi connectivity index (χ0v) is 15.1. The van der Waals surface area contributed by atoms with Crippen molar-refractivity contribution in [1.29, 1.82) is 0 Å². The number of para-hydroxylation sites is 1. The Balaban J connectivity index is 1.35. The van der Waals surface area contributed by atoms with E-state index in [1.165, 1.54) is 6.42 Å². The van der Waals surface area contributed by atoms with Gasteiger partial charge in [-0.1, -0.05) is 18.6 Å². The van der Waals surface area contributed by atoms with Crippen LogP contribution in [-0.2, 0) is 30.7 Å². The fraction of sp³-hybridized carbons (Fsp3) is 0.421. The normalized spacial score (nSPS) is 13.9. The predicted octanol–water partition coefficient (Wildman–Crippen LogP) is 1.49. The maximum atomic E-state index is 12.2. The molecule has 0 radical (unpaired) electrons. The summed E-state index contributed by atoms with van der Waals surface area (Å²) in [5.74, 6) is 2.23. The van der Waals surface area contributed by atoms with Gasteiger partial charge in [0.1, 0.15) is 11.6 Å². The van der Waals surface area contributed by atoms with E-state index in [-0.39, 0.29) is 17.9 Å². The Kier molecular flexibility index (Phi) is 4.95. The number of nitrogens with zero attached hydrogens (tertiary/aromatic N) is 4. The van der Waals surface area contributed by atoms with E-state index >= 15 is 0 Å². The molecule has 0 unspecified atom stereocenters. The molecule has 27 heavy (non-hydrogen) atoms. The number of aromatic nitrogens is 5. The highest BCUT2D eigenvalue weighted by Gasteiger charge is 2.15. The number of hydrogen-bond donors (Lipinski definition) is 2. The zero-order chi connectivity index (χ0) is 18.6. The second-order valence-electron chi connectivity index (χ2n) is 6.80. The van der Waals surface area contributed by atoms with Gasteiger partial charge >= 0.3 is 0 Å². The number of carbonyl (C=O) groups excluding carboxylic acids is 1. The highest BCUT2D eigenvalue weighted by Crippen LogP contribution is 2.14. The van der Waals surface area contributed by atoms with Crippen molar-refractivity contribution in [3.8, 4) is 0 Å². The fourth-order valence-electron chi connectivity index (χ4n) is 3.43. The van der Waals surface area contributed by atoms with Crippen LogP contribution in [0, 0.1) is 0 Å². The number of aryl methyl sites for hydroxylation is 2. The van der Waals surface area contributed by atoms with Crippen LogP contribution in [0.15, 0.2) is 29.1 Å². The van der Waals surface area contributed by atoms with Crippen LogP contribution in [0.1, 0.15) is 43.2 Å². The first-order valence-electron chi connectivity index (χ1n) is 9.36. The number of carbonyl (C=O) groups is 1. The van der Waals surface area contributed by atoms with Gasteiger partial charge in [-0.2, -0.15) is 0 Å². The van der Waals surface area contributed by atoms with Crippen LogP contribution < -0.4 is 10.9 Å².